The first-order valence-electron chi connectivity index (χ1n) is 8.47. The molecule has 1 aliphatic carbocycles. The first-order chi connectivity index (χ1) is 11.1. The van der Waals surface area contributed by atoms with Gasteiger partial charge in [-0.05, 0) is 18.4 Å². The molecule has 1 saturated heterocycles. The highest BCUT2D eigenvalue weighted by Gasteiger charge is 2.24. The molecule has 6 heteroatoms. The zero-order valence-electron chi connectivity index (χ0n) is 13.3. The van der Waals surface area contributed by atoms with Crippen molar-refractivity contribution < 1.29 is 4.79 Å². The molecule has 0 unspecified atom stereocenters. The number of rotatable bonds is 4. The first kappa shape index (κ1) is 16.8. The Morgan fingerprint density at radius 1 is 1.17 bits per heavy atom. The summed E-state index contributed by atoms with van der Waals surface area (Å²) >= 11 is 12.1. The van der Waals surface area contributed by atoms with Crippen molar-refractivity contribution in [1.82, 2.24) is 9.88 Å². The summed E-state index contributed by atoms with van der Waals surface area (Å²) in [6, 6.07) is 1.71. The van der Waals surface area contributed by atoms with E-state index in [1.165, 1.54) is 25.7 Å². The number of carbonyl (C=O) groups is 1. The van der Waals surface area contributed by atoms with Gasteiger partial charge in [0, 0.05) is 38.8 Å². The van der Waals surface area contributed by atoms with Gasteiger partial charge in [-0.1, -0.05) is 48.9 Å². The number of nitrogens with zero attached hydrogens (tertiary/aromatic N) is 3. The standard InChI is InChI=1S/C17H23Cl2N3O/c18-14-11-15(19)17(20-12-14)22-9-7-21(8-10-22)16(23)6-5-13-3-1-2-4-13/h11-13H,1-10H2. The highest BCUT2D eigenvalue weighted by molar-refractivity contribution is 6.36. The number of anilines is 1. The van der Waals surface area contributed by atoms with Crippen molar-refractivity contribution in [2.75, 3.05) is 31.1 Å². The van der Waals surface area contributed by atoms with Crippen LogP contribution < -0.4 is 4.90 Å². The van der Waals surface area contributed by atoms with Crippen molar-refractivity contribution in [3.05, 3.63) is 22.3 Å². The van der Waals surface area contributed by atoms with Crippen LogP contribution in [0.3, 0.4) is 0 Å². The molecule has 2 heterocycles. The SMILES string of the molecule is O=C(CCC1CCCC1)N1CCN(c2ncc(Cl)cc2Cl)CC1. The molecule has 0 N–H and O–H groups in total. The highest BCUT2D eigenvalue weighted by Crippen LogP contribution is 2.29. The van der Waals surface area contributed by atoms with Crippen molar-refractivity contribution in [1.29, 1.82) is 0 Å². The fourth-order valence-corrected chi connectivity index (χ4v) is 4.09. The van der Waals surface area contributed by atoms with Crippen LogP contribution in [0.1, 0.15) is 38.5 Å². The Bertz CT molecular complexity index is 553. The highest BCUT2D eigenvalue weighted by atomic mass is 35.5. The van der Waals surface area contributed by atoms with Crippen LogP contribution in [0.25, 0.3) is 0 Å². The smallest absolute Gasteiger partial charge is 0.222 e. The Balaban J connectivity index is 1.48. The molecule has 0 spiro atoms. The minimum atomic E-state index is 0.298. The van der Waals surface area contributed by atoms with Crippen LogP contribution in [0.5, 0.6) is 0 Å². The van der Waals surface area contributed by atoms with Crippen LogP contribution in [0, 0.1) is 5.92 Å². The van der Waals surface area contributed by atoms with Crippen LogP contribution in [0.15, 0.2) is 12.3 Å². The first-order valence-corrected chi connectivity index (χ1v) is 9.23. The lowest BCUT2D eigenvalue weighted by Gasteiger charge is -2.36. The number of hydrogen-bond donors (Lipinski definition) is 0. The maximum Gasteiger partial charge on any atom is 0.222 e. The fourth-order valence-electron chi connectivity index (χ4n) is 3.59. The van der Waals surface area contributed by atoms with Crippen molar-refractivity contribution in [3.63, 3.8) is 0 Å². The summed E-state index contributed by atoms with van der Waals surface area (Å²) in [7, 11) is 0. The second-order valence-corrected chi connectivity index (χ2v) is 7.36. The molecule has 1 saturated carbocycles. The summed E-state index contributed by atoms with van der Waals surface area (Å²) in [5.41, 5.74) is 0. The molecule has 0 aromatic carbocycles. The molecule has 1 amide bonds. The van der Waals surface area contributed by atoms with Gasteiger partial charge in [0.2, 0.25) is 5.91 Å². The summed E-state index contributed by atoms with van der Waals surface area (Å²) < 4.78 is 0. The zero-order chi connectivity index (χ0) is 16.2. The van der Waals surface area contributed by atoms with Gasteiger partial charge in [0.05, 0.1) is 10.0 Å². The molecule has 126 valence electrons. The number of halogens is 2. The van der Waals surface area contributed by atoms with E-state index in [1.807, 2.05) is 4.90 Å². The lowest BCUT2D eigenvalue weighted by Crippen LogP contribution is -2.49. The molecule has 2 aliphatic rings. The average molecular weight is 356 g/mol. The molecule has 1 aromatic heterocycles. The Morgan fingerprint density at radius 3 is 2.52 bits per heavy atom. The third-order valence-corrected chi connectivity index (χ3v) is 5.45. The van der Waals surface area contributed by atoms with E-state index in [0.717, 1.165) is 44.3 Å². The van der Waals surface area contributed by atoms with Crippen molar-refractivity contribution >= 4 is 34.9 Å². The van der Waals surface area contributed by atoms with Crippen molar-refractivity contribution in [3.8, 4) is 0 Å². The number of pyridine rings is 1. The van der Waals surface area contributed by atoms with E-state index >= 15 is 0 Å². The van der Waals surface area contributed by atoms with E-state index in [9.17, 15) is 4.79 Å². The maximum absolute atomic E-state index is 12.4. The predicted octanol–water partition coefficient (Wildman–Crippen LogP) is 4.01. The van der Waals surface area contributed by atoms with Crippen LogP contribution in [0.4, 0.5) is 5.82 Å². The molecule has 4 nitrogen and oxygen atoms in total. The van der Waals surface area contributed by atoms with Gasteiger partial charge in [0.15, 0.2) is 0 Å². The van der Waals surface area contributed by atoms with Gasteiger partial charge in [-0.15, -0.1) is 0 Å². The number of piperazine rings is 1. The van der Waals surface area contributed by atoms with Crippen LogP contribution >= 0.6 is 23.2 Å². The molecule has 1 aromatic rings. The topological polar surface area (TPSA) is 36.4 Å². The summed E-state index contributed by atoms with van der Waals surface area (Å²) in [5.74, 6) is 1.83. The van der Waals surface area contributed by atoms with Gasteiger partial charge < -0.3 is 9.80 Å². The van der Waals surface area contributed by atoms with Crippen LogP contribution in [-0.2, 0) is 4.79 Å². The summed E-state index contributed by atoms with van der Waals surface area (Å²) in [6.45, 7) is 3.02. The van der Waals surface area contributed by atoms with E-state index in [-0.39, 0.29) is 0 Å². The molecule has 1 aliphatic heterocycles. The minimum Gasteiger partial charge on any atom is -0.352 e. The predicted molar refractivity (Wildman–Crippen MR) is 94.2 cm³/mol. The zero-order valence-corrected chi connectivity index (χ0v) is 14.8. The van der Waals surface area contributed by atoms with Gasteiger partial charge in [-0.2, -0.15) is 0 Å². The Morgan fingerprint density at radius 2 is 1.87 bits per heavy atom. The third kappa shape index (κ3) is 4.30. The largest absolute Gasteiger partial charge is 0.352 e. The molecule has 3 rings (SSSR count). The fraction of sp³-hybridized carbons (Fsp3) is 0.647. The van der Waals surface area contributed by atoms with E-state index in [4.69, 9.17) is 23.2 Å². The van der Waals surface area contributed by atoms with Gasteiger partial charge in [0.25, 0.3) is 0 Å². The normalized spacial score (nSPS) is 19.4. The lowest BCUT2D eigenvalue weighted by molar-refractivity contribution is -0.131. The number of hydrogen-bond acceptors (Lipinski definition) is 3. The summed E-state index contributed by atoms with van der Waals surface area (Å²) in [6.07, 6.45) is 8.67. The van der Waals surface area contributed by atoms with Crippen LogP contribution in [0.2, 0.25) is 10.0 Å². The van der Waals surface area contributed by atoms with E-state index in [0.29, 0.717) is 22.4 Å². The van der Waals surface area contributed by atoms with E-state index in [2.05, 4.69) is 9.88 Å². The molecule has 0 bridgehead atoms. The lowest BCUT2D eigenvalue weighted by atomic mass is 10.0. The molecule has 0 radical (unpaired) electrons. The average Bonchev–Trinajstić information content (AvgIpc) is 3.06. The third-order valence-electron chi connectivity index (χ3n) is 4.96. The van der Waals surface area contributed by atoms with E-state index < -0.39 is 0 Å². The number of carbonyl (C=O) groups excluding carboxylic acids is 1. The van der Waals surface area contributed by atoms with Crippen LogP contribution in [-0.4, -0.2) is 42.0 Å². The second kappa shape index (κ2) is 7.71. The van der Waals surface area contributed by atoms with Crippen molar-refractivity contribution in [2.45, 2.75) is 38.5 Å². The Labute approximate surface area is 147 Å². The Hall–Kier alpha value is -1.000. The van der Waals surface area contributed by atoms with Gasteiger partial charge in [0.1, 0.15) is 5.82 Å². The number of amides is 1. The molecule has 2 fully saturated rings. The summed E-state index contributed by atoms with van der Waals surface area (Å²) in [4.78, 5) is 20.8. The quantitative estimate of drug-likeness (QED) is 0.818. The number of aromatic nitrogens is 1. The maximum atomic E-state index is 12.4. The minimum absolute atomic E-state index is 0.298. The van der Waals surface area contributed by atoms with Gasteiger partial charge in [-0.25, -0.2) is 4.98 Å². The molecular formula is C17H23Cl2N3O. The second-order valence-electron chi connectivity index (χ2n) is 6.52. The molecular weight excluding hydrogens is 333 g/mol. The van der Waals surface area contributed by atoms with Gasteiger partial charge in [-0.3, -0.25) is 4.79 Å². The summed E-state index contributed by atoms with van der Waals surface area (Å²) in [5, 5.41) is 1.11. The Kier molecular flexibility index (Phi) is 5.65. The molecule has 0 atom stereocenters. The monoisotopic (exact) mass is 355 g/mol. The van der Waals surface area contributed by atoms with E-state index in [1.54, 1.807) is 12.3 Å². The van der Waals surface area contributed by atoms with Crippen molar-refractivity contribution in [2.24, 2.45) is 5.92 Å². The molecule has 23 heavy (non-hydrogen) atoms. The van der Waals surface area contributed by atoms with Gasteiger partial charge >= 0.3 is 0 Å².